The molecule has 1 unspecified atom stereocenters. The zero-order valence-electron chi connectivity index (χ0n) is 11.2. The second-order valence-electron chi connectivity index (χ2n) is 4.49. The van der Waals surface area contributed by atoms with Crippen LogP contribution in [-0.2, 0) is 6.42 Å². The van der Waals surface area contributed by atoms with Gasteiger partial charge in [0.05, 0.1) is 0 Å². The van der Waals surface area contributed by atoms with E-state index in [0.29, 0.717) is 6.04 Å². The van der Waals surface area contributed by atoms with Crippen molar-refractivity contribution in [2.24, 2.45) is 0 Å². The Labute approximate surface area is 113 Å². The summed E-state index contributed by atoms with van der Waals surface area (Å²) >= 11 is 0. The van der Waals surface area contributed by atoms with Gasteiger partial charge >= 0.3 is 6.61 Å². The summed E-state index contributed by atoms with van der Waals surface area (Å²) in [6.45, 7) is 3.98. The Bertz CT molecular complexity index is 365. The minimum atomic E-state index is -2.76. The van der Waals surface area contributed by atoms with Gasteiger partial charge in [-0.15, -0.1) is 6.58 Å². The number of rotatable bonds is 9. The van der Waals surface area contributed by atoms with Crippen molar-refractivity contribution in [3.8, 4) is 5.75 Å². The second-order valence-corrected chi connectivity index (χ2v) is 4.49. The molecule has 1 aromatic carbocycles. The summed E-state index contributed by atoms with van der Waals surface area (Å²) in [6, 6.07) is 7.24. The van der Waals surface area contributed by atoms with Crippen molar-refractivity contribution in [3.05, 3.63) is 42.5 Å². The van der Waals surface area contributed by atoms with E-state index in [2.05, 4.69) is 23.6 Å². The molecule has 0 bridgehead atoms. The normalized spacial score (nSPS) is 12.4. The molecule has 0 saturated carbocycles. The van der Waals surface area contributed by atoms with E-state index in [-0.39, 0.29) is 5.75 Å². The van der Waals surface area contributed by atoms with Gasteiger partial charge in [-0.1, -0.05) is 18.2 Å². The van der Waals surface area contributed by atoms with Crippen LogP contribution in [0.3, 0.4) is 0 Å². The number of hydrogen-bond acceptors (Lipinski definition) is 2. The van der Waals surface area contributed by atoms with E-state index >= 15 is 0 Å². The molecule has 106 valence electrons. The molecule has 4 heteroatoms. The number of hydrogen-bond donors (Lipinski definition) is 1. The third kappa shape index (κ3) is 6.91. The molecule has 0 aliphatic rings. The standard InChI is InChI=1S/C15H21F2NO/c1-3-4-11-18-12(2)5-6-13-7-9-14(10-8-13)19-15(16)17/h3,7-10,12,15,18H,1,4-6,11H2,2H3. The van der Waals surface area contributed by atoms with Gasteiger partial charge < -0.3 is 10.1 Å². The van der Waals surface area contributed by atoms with Crippen LogP contribution in [0.25, 0.3) is 0 Å². The smallest absolute Gasteiger partial charge is 0.387 e. The minimum Gasteiger partial charge on any atom is -0.435 e. The van der Waals surface area contributed by atoms with Gasteiger partial charge in [-0.25, -0.2) is 0 Å². The van der Waals surface area contributed by atoms with Gasteiger partial charge in [-0.2, -0.15) is 8.78 Å². The number of nitrogens with one attached hydrogen (secondary N) is 1. The molecule has 1 aromatic rings. The summed E-state index contributed by atoms with van der Waals surface area (Å²) in [4.78, 5) is 0. The minimum absolute atomic E-state index is 0.205. The first kappa shape index (κ1) is 15.6. The Morgan fingerprint density at radius 3 is 2.58 bits per heavy atom. The number of alkyl halides is 2. The summed E-state index contributed by atoms with van der Waals surface area (Å²) in [5.74, 6) is 0.205. The van der Waals surface area contributed by atoms with Crippen molar-refractivity contribution >= 4 is 0 Å². The van der Waals surface area contributed by atoms with E-state index in [1.54, 1.807) is 12.1 Å². The largest absolute Gasteiger partial charge is 0.435 e. The molecule has 0 spiro atoms. The SMILES string of the molecule is C=CCCNC(C)CCc1ccc(OC(F)F)cc1. The molecule has 0 heterocycles. The zero-order chi connectivity index (χ0) is 14.1. The highest BCUT2D eigenvalue weighted by Gasteiger charge is 2.05. The summed E-state index contributed by atoms with van der Waals surface area (Å²) in [7, 11) is 0. The highest BCUT2D eigenvalue weighted by molar-refractivity contribution is 5.27. The predicted molar refractivity (Wildman–Crippen MR) is 73.7 cm³/mol. The third-order valence-corrected chi connectivity index (χ3v) is 2.86. The van der Waals surface area contributed by atoms with Crippen LogP contribution in [0, 0.1) is 0 Å². The molecule has 0 aliphatic carbocycles. The second kappa shape index (κ2) is 8.64. The van der Waals surface area contributed by atoms with Gasteiger partial charge in [0.2, 0.25) is 0 Å². The van der Waals surface area contributed by atoms with Crippen molar-refractivity contribution < 1.29 is 13.5 Å². The Kier molecular flexibility index (Phi) is 7.11. The van der Waals surface area contributed by atoms with Gasteiger partial charge in [-0.3, -0.25) is 0 Å². The molecular weight excluding hydrogens is 248 g/mol. The fourth-order valence-electron chi connectivity index (χ4n) is 1.75. The first-order valence-electron chi connectivity index (χ1n) is 6.50. The van der Waals surface area contributed by atoms with Gasteiger partial charge in [-0.05, 0) is 50.4 Å². The van der Waals surface area contributed by atoms with Crippen LogP contribution in [0.15, 0.2) is 36.9 Å². The van der Waals surface area contributed by atoms with Crippen molar-refractivity contribution in [1.82, 2.24) is 5.32 Å². The number of halogens is 2. The lowest BCUT2D eigenvalue weighted by Gasteiger charge is -2.13. The monoisotopic (exact) mass is 269 g/mol. The molecule has 0 amide bonds. The molecule has 0 radical (unpaired) electrons. The van der Waals surface area contributed by atoms with Crippen LogP contribution in [0.1, 0.15) is 25.3 Å². The van der Waals surface area contributed by atoms with Crippen LogP contribution in [0.2, 0.25) is 0 Å². The van der Waals surface area contributed by atoms with Crippen LogP contribution in [0.4, 0.5) is 8.78 Å². The lowest BCUT2D eigenvalue weighted by molar-refractivity contribution is -0.0498. The highest BCUT2D eigenvalue weighted by atomic mass is 19.3. The Morgan fingerprint density at radius 1 is 1.32 bits per heavy atom. The van der Waals surface area contributed by atoms with E-state index < -0.39 is 6.61 Å². The summed E-state index contributed by atoms with van der Waals surface area (Å²) < 4.78 is 28.3. The quantitative estimate of drug-likeness (QED) is 0.544. The molecule has 2 nitrogen and oxygen atoms in total. The third-order valence-electron chi connectivity index (χ3n) is 2.86. The van der Waals surface area contributed by atoms with Gasteiger partial charge in [0.1, 0.15) is 5.75 Å². The Hall–Kier alpha value is -1.42. The first-order chi connectivity index (χ1) is 9.11. The fourth-order valence-corrected chi connectivity index (χ4v) is 1.75. The van der Waals surface area contributed by atoms with E-state index in [1.165, 1.54) is 0 Å². The lowest BCUT2D eigenvalue weighted by Crippen LogP contribution is -2.27. The molecule has 1 atom stereocenters. The maximum Gasteiger partial charge on any atom is 0.387 e. The van der Waals surface area contributed by atoms with Crippen molar-refractivity contribution in [3.63, 3.8) is 0 Å². The predicted octanol–water partition coefficient (Wildman–Crippen LogP) is 3.77. The summed E-state index contributed by atoms with van der Waals surface area (Å²) in [6.07, 6.45) is 4.77. The van der Waals surface area contributed by atoms with Crippen LogP contribution < -0.4 is 10.1 Å². The molecule has 1 rings (SSSR count). The first-order valence-corrected chi connectivity index (χ1v) is 6.50. The van der Waals surface area contributed by atoms with E-state index in [9.17, 15) is 8.78 Å². The van der Waals surface area contributed by atoms with Crippen molar-refractivity contribution in [1.29, 1.82) is 0 Å². The van der Waals surface area contributed by atoms with E-state index in [0.717, 1.165) is 31.4 Å². The van der Waals surface area contributed by atoms with Crippen LogP contribution >= 0.6 is 0 Å². The van der Waals surface area contributed by atoms with Crippen LogP contribution in [0.5, 0.6) is 5.75 Å². The van der Waals surface area contributed by atoms with Crippen molar-refractivity contribution in [2.75, 3.05) is 6.54 Å². The summed E-state index contributed by atoms with van der Waals surface area (Å²) in [5.41, 5.74) is 1.12. The molecule has 19 heavy (non-hydrogen) atoms. The molecule has 0 fully saturated rings. The van der Waals surface area contributed by atoms with Crippen LogP contribution in [-0.4, -0.2) is 19.2 Å². The summed E-state index contributed by atoms with van der Waals surface area (Å²) in [5, 5.41) is 3.40. The topological polar surface area (TPSA) is 21.3 Å². The average Bonchev–Trinajstić information content (AvgIpc) is 2.37. The molecule has 0 aliphatic heterocycles. The molecule has 0 saturated heterocycles. The number of aryl methyl sites for hydroxylation is 1. The Morgan fingerprint density at radius 2 is 2.00 bits per heavy atom. The zero-order valence-corrected chi connectivity index (χ0v) is 11.2. The lowest BCUT2D eigenvalue weighted by atomic mass is 10.1. The molecule has 1 N–H and O–H groups in total. The molecular formula is C15H21F2NO. The van der Waals surface area contributed by atoms with Crippen molar-refractivity contribution in [2.45, 2.75) is 38.8 Å². The Balaban J connectivity index is 2.30. The maximum atomic E-state index is 12.0. The van der Waals surface area contributed by atoms with Gasteiger partial charge in [0.15, 0.2) is 0 Å². The average molecular weight is 269 g/mol. The highest BCUT2D eigenvalue weighted by Crippen LogP contribution is 2.16. The fraction of sp³-hybridized carbons (Fsp3) is 0.467. The number of benzene rings is 1. The maximum absolute atomic E-state index is 12.0. The number of ether oxygens (including phenoxy) is 1. The molecule has 0 aromatic heterocycles. The van der Waals surface area contributed by atoms with Gasteiger partial charge in [0, 0.05) is 6.04 Å². The van der Waals surface area contributed by atoms with Gasteiger partial charge in [0.25, 0.3) is 0 Å². The van der Waals surface area contributed by atoms with E-state index in [4.69, 9.17) is 0 Å². The van der Waals surface area contributed by atoms with E-state index in [1.807, 2.05) is 18.2 Å².